The molecule has 136 valence electrons. The Morgan fingerprint density at radius 3 is 2.48 bits per heavy atom. The van der Waals surface area contributed by atoms with E-state index in [1.165, 1.54) is 11.0 Å². The van der Waals surface area contributed by atoms with Crippen molar-refractivity contribution in [1.82, 2.24) is 4.98 Å². The summed E-state index contributed by atoms with van der Waals surface area (Å²) in [5.74, 6) is -0.233. The van der Waals surface area contributed by atoms with Crippen LogP contribution >= 0.6 is 0 Å². The third kappa shape index (κ3) is 3.19. The van der Waals surface area contributed by atoms with Crippen LogP contribution in [0.25, 0.3) is 0 Å². The van der Waals surface area contributed by atoms with E-state index in [9.17, 15) is 13.6 Å². The lowest BCUT2D eigenvalue weighted by Gasteiger charge is -2.38. The first-order chi connectivity index (χ1) is 13.1. The van der Waals surface area contributed by atoms with Gasteiger partial charge in [-0.25, -0.2) is 0 Å². The number of carbonyl (C=O) groups excluding carboxylic acids is 1. The lowest BCUT2D eigenvalue weighted by Crippen LogP contribution is -2.43. The lowest BCUT2D eigenvalue weighted by molar-refractivity contribution is -0.0505. The number of pyridine rings is 1. The summed E-state index contributed by atoms with van der Waals surface area (Å²) in [6.45, 7) is -2.97. The number of fused-ring (bicyclic) bond motifs is 1. The number of anilines is 2. The number of hydrogen-bond donors (Lipinski definition) is 1. The zero-order chi connectivity index (χ0) is 18.8. The van der Waals surface area contributed by atoms with Crippen molar-refractivity contribution >= 4 is 17.3 Å². The Bertz CT molecular complexity index is 966. The number of rotatable bonds is 4. The number of amides is 1. The highest BCUT2D eigenvalue weighted by Gasteiger charge is 2.35. The predicted molar refractivity (Wildman–Crippen MR) is 96.9 cm³/mol. The van der Waals surface area contributed by atoms with Crippen molar-refractivity contribution in [3.05, 3.63) is 84.2 Å². The molecule has 0 unspecified atom stereocenters. The first kappa shape index (κ1) is 17.0. The first-order valence-corrected chi connectivity index (χ1v) is 8.28. The van der Waals surface area contributed by atoms with Gasteiger partial charge in [0.05, 0.1) is 5.56 Å². The van der Waals surface area contributed by atoms with E-state index in [0.29, 0.717) is 22.5 Å². The van der Waals surface area contributed by atoms with E-state index in [1.807, 2.05) is 0 Å². The van der Waals surface area contributed by atoms with Crippen LogP contribution in [-0.4, -0.2) is 17.5 Å². The number of halogens is 2. The highest BCUT2D eigenvalue weighted by Crippen LogP contribution is 2.39. The van der Waals surface area contributed by atoms with E-state index in [-0.39, 0.29) is 11.7 Å². The molecule has 1 aliphatic rings. The zero-order valence-electron chi connectivity index (χ0n) is 14.0. The monoisotopic (exact) mass is 367 g/mol. The number of benzene rings is 2. The molecule has 2 heterocycles. The van der Waals surface area contributed by atoms with Gasteiger partial charge in [0.25, 0.3) is 5.91 Å². The molecule has 1 atom stereocenters. The average molecular weight is 367 g/mol. The molecular weight excluding hydrogens is 352 g/mol. The van der Waals surface area contributed by atoms with Crippen LogP contribution in [0.5, 0.6) is 5.75 Å². The average Bonchev–Trinajstić information content (AvgIpc) is 2.68. The van der Waals surface area contributed by atoms with Crippen molar-refractivity contribution in [3.63, 3.8) is 0 Å². The second kappa shape index (κ2) is 7.03. The molecule has 0 saturated carbocycles. The summed E-state index contributed by atoms with van der Waals surface area (Å²) in [4.78, 5) is 18.7. The normalized spacial score (nSPS) is 16.0. The number of alkyl halides is 2. The third-order valence-corrected chi connectivity index (χ3v) is 4.30. The summed E-state index contributed by atoms with van der Waals surface area (Å²) in [7, 11) is 0. The Hall–Kier alpha value is -3.48. The number of carbonyl (C=O) groups is 1. The predicted octanol–water partition coefficient (Wildman–Crippen LogP) is 4.45. The van der Waals surface area contributed by atoms with Crippen molar-refractivity contribution in [2.24, 2.45) is 0 Å². The van der Waals surface area contributed by atoms with Crippen LogP contribution in [0.3, 0.4) is 0 Å². The molecule has 0 fully saturated rings. The van der Waals surface area contributed by atoms with Crippen molar-refractivity contribution in [3.8, 4) is 5.75 Å². The molecule has 0 radical (unpaired) electrons. The Balaban J connectivity index is 1.86. The van der Waals surface area contributed by atoms with E-state index in [2.05, 4.69) is 15.0 Å². The lowest BCUT2D eigenvalue weighted by atomic mass is 10.0. The second-order valence-corrected chi connectivity index (χ2v) is 5.89. The second-order valence-electron chi connectivity index (χ2n) is 5.89. The minimum atomic E-state index is -2.97. The number of aromatic nitrogens is 1. The van der Waals surface area contributed by atoms with Gasteiger partial charge < -0.3 is 10.1 Å². The number of nitrogens with zero attached hydrogens (tertiary/aromatic N) is 2. The first-order valence-electron chi connectivity index (χ1n) is 8.28. The van der Waals surface area contributed by atoms with E-state index in [0.717, 1.165) is 0 Å². The van der Waals surface area contributed by atoms with Gasteiger partial charge in [-0.15, -0.1) is 0 Å². The molecule has 1 amide bonds. The molecule has 27 heavy (non-hydrogen) atoms. The van der Waals surface area contributed by atoms with E-state index >= 15 is 0 Å². The van der Waals surface area contributed by atoms with Crippen molar-refractivity contribution in [2.75, 3.05) is 10.2 Å². The molecule has 5 nitrogen and oxygen atoms in total. The fourth-order valence-electron chi connectivity index (χ4n) is 3.15. The highest BCUT2D eigenvalue weighted by molar-refractivity contribution is 6.12. The third-order valence-electron chi connectivity index (χ3n) is 4.30. The van der Waals surface area contributed by atoms with Crippen molar-refractivity contribution in [1.29, 1.82) is 0 Å². The van der Waals surface area contributed by atoms with Gasteiger partial charge in [0, 0.05) is 29.3 Å². The summed E-state index contributed by atoms with van der Waals surface area (Å²) in [6.07, 6.45) is 2.42. The van der Waals surface area contributed by atoms with Gasteiger partial charge in [0.1, 0.15) is 11.9 Å². The van der Waals surface area contributed by atoms with Crippen LogP contribution in [0.15, 0.2) is 73.1 Å². The van der Waals surface area contributed by atoms with Crippen molar-refractivity contribution < 1.29 is 18.3 Å². The molecule has 0 aliphatic carbocycles. The summed E-state index contributed by atoms with van der Waals surface area (Å²) in [6, 6.07) is 16.9. The number of nitrogens with one attached hydrogen (secondary N) is 1. The zero-order valence-corrected chi connectivity index (χ0v) is 14.0. The van der Waals surface area contributed by atoms with Crippen LogP contribution in [0.4, 0.5) is 20.2 Å². The fraction of sp³-hybridized carbons (Fsp3) is 0.100. The maximum absolute atomic E-state index is 13.2. The summed E-state index contributed by atoms with van der Waals surface area (Å²) < 4.78 is 30.4. The van der Waals surface area contributed by atoms with Gasteiger partial charge in [-0.2, -0.15) is 8.78 Å². The van der Waals surface area contributed by atoms with E-state index < -0.39 is 12.8 Å². The Morgan fingerprint density at radius 1 is 1.00 bits per heavy atom. The summed E-state index contributed by atoms with van der Waals surface area (Å²) >= 11 is 0. The minimum Gasteiger partial charge on any atom is -0.434 e. The minimum absolute atomic E-state index is 0.0104. The molecule has 7 heteroatoms. The Morgan fingerprint density at radius 2 is 1.70 bits per heavy atom. The topological polar surface area (TPSA) is 54.5 Å². The summed E-state index contributed by atoms with van der Waals surface area (Å²) in [5.41, 5.74) is 2.15. The largest absolute Gasteiger partial charge is 0.434 e. The molecule has 1 N–H and O–H groups in total. The number of para-hydroxylation sites is 2. The van der Waals surface area contributed by atoms with Crippen LogP contribution in [0.1, 0.15) is 22.1 Å². The number of ether oxygens (including phenoxy) is 1. The molecular formula is C20H15F2N3O2. The van der Waals surface area contributed by atoms with Crippen LogP contribution < -0.4 is 15.0 Å². The van der Waals surface area contributed by atoms with E-state index in [1.54, 1.807) is 67.0 Å². The van der Waals surface area contributed by atoms with Gasteiger partial charge in [-0.1, -0.05) is 30.3 Å². The maximum atomic E-state index is 13.2. The molecule has 1 aromatic heterocycles. The SMILES string of the molecule is O=C1c2ccccc2N[C@@H](c2ccccc2OC(F)F)N1c1ccncc1. The van der Waals surface area contributed by atoms with Crippen molar-refractivity contribution in [2.45, 2.75) is 12.8 Å². The van der Waals surface area contributed by atoms with Gasteiger partial charge in [0.15, 0.2) is 0 Å². The molecule has 3 aromatic rings. The standard InChI is InChI=1S/C20H15F2N3O2/c21-20(22)27-17-8-4-2-6-15(17)18-24-16-7-3-1-5-14(16)19(26)25(18)13-9-11-23-12-10-13/h1-12,18,20,24H/t18-/m1/s1. The maximum Gasteiger partial charge on any atom is 0.387 e. The quantitative estimate of drug-likeness (QED) is 0.740. The van der Waals surface area contributed by atoms with Gasteiger partial charge in [0.2, 0.25) is 0 Å². The Kier molecular flexibility index (Phi) is 4.42. The van der Waals surface area contributed by atoms with Crippen LogP contribution in [-0.2, 0) is 0 Å². The highest BCUT2D eigenvalue weighted by atomic mass is 19.3. The molecule has 2 aromatic carbocycles. The fourth-order valence-corrected chi connectivity index (χ4v) is 3.15. The van der Waals surface area contributed by atoms with Gasteiger partial charge in [-0.05, 0) is 30.3 Å². The molecule has 0 saturated heterocycles. The Labute approximate surface area is 154 Å². The molecule has 4 rings (SSSR count). The smallest absolute Gasteiger partial charge is 0.387 e. The molecule has 0 spiro atoms. The number of hydrogen-bond acceptors (Lipinski definition) is 4. The van der Waals surface area contributed by atoms with Crippen LogP contribution in [0.2, 0.25) is 0 Å². The molecule has 1 aliphatic heterocycles. The van der Waals surface area contributed by atoms with Gasteiger partial charge >= 0.3 is 6.61 Å². The van der Waals surface area contributed by atoms with Gasteiger partial charge in [-0.3, -0.25) is 14.7 Å². The van der Waals surface area contributed by atoms with E-state index in [4.69, 9.17) is 0 Å². The summed E-state index contributed by atoms with van der Waals surface area (Å²) in [5, 5.41) is 3.27. The van der Waals surface area contributed by atoms with Crippen LogP contribution in [0, 0.1) is 0 Å². The molecule has 0 bridgehead atoms.